The molecule has 21 heavy (non-hydrogen) atoms. The Morgan fingerprint density at radius 1 is 1.33 bits per heavy atom. The Morgan fingerprint density at radius 3 is 2.90 bits per heavy atom. The number of anilines is 2. The van der Waals surface area contributed by atoms with Crippen LogP contribution in [-0.2, 0) is 4.79 Å². The molecule has 0 spiro atoms. The number of carbonyl (C=O) groups excluding carboxylic acids is 1. The number of carbonyl (C=O) groups is 1. The van der Waals surface area contributed by atoms with Gasteiger partial charge in [-0.2, -0.15) is 4.98 Å². The second-order valence-electron chi connectivity index (χ2n) is 5.13. The second-order valence-corrected chi connectivity index (χ2v) is 5.13. The van der Waals surface area contributed by atoms with Crippen LogP contribution in [0.2, 0.25) is 0 Å². The summed E-state index contributed by atoms with van der Waals surface area (Å²) < 4.78 is 0. The Balaban J connectivity index is 1.76. The maximum absolute atomic E-state index is 11.5. The molecule has 1 aliphatic rings. The Kier molecular flexibility index (Phi) is 5.74. The van der Waals surface area contributed by atoms with Crippen LogP contribution in [0.25, 0.3) is 0 Å². The largest absolute Gasteiger partial charge is 0.395 e. The van der Waals surface area contributed by atoms with Gasteiger partial charge in [-0.1, -0.05) is 0 Å². The molecular weight excluding hydrogens is 270 g/mol. The monoisotopic (exact) mass is 293 g/mol. The quantitative estimate of drug-likeness (QED) is 0.609. The molecule has 3 N–H and O–H groups in total. The van der Waals surface area contributed by atoms with E-state index in [0.29, 0.717) is 24.7 Å². The van der Waals surface area contributed by atoms with E-state index < -0.39 is 0 Å². The SMILES string of the molecule is Cc1cc(NCCO)nc(NCCCN2CCCC2=O)n1. The van der Waals surface area contributed by atoms with Gasteiger partial charge in [-0.3, -0.25) is 4.79 Å². The van der Waals surface area contributed by atoms with Crippen LogP contribution in [0.3, 0.4) is 0 Å². The summed E-state index contributed by atoms with van der Waals surface area (Å²) in [7, 11) is 0. The standard InChI is InChI=1S/C14H23N5O2/c1-11-10-12(15-6-9-20)18-14(17-11)16-5-3-8-19-7-2-4-13(19)21/h10,20H,2-9H2,1H3,(H2,15,16,17,18). The van der Waals surface area contributed by atoms with Crippen molar-refractivity contribution in [2.24, 2.45) is 0 Å². The number of likely N-dealkylation sites (tertiary alicyclic amines) is 1. The molecule has 0 unspecified atom stereocenters. The number of aliphatic hydroxyl groups excluding tert-OH is 1. The smallest absolute Gasteiger partial charge is 0.224 e. The van der Waals surface area contributed by atoms with Gasteiger partial charge < -0.3 is 20.6 Å². The lowest BCUT2D eigenvalue weighted by molar-refractivity contribution is -0.127. The average Bonchev–Trinajstić information content (AvgIpc) is 2.86. The van der Waals surface area contributed by atoms with Crippen LogP contribution in [0.4, 0.5) is 11.8 Å². The Morgan fingerprint density at radius 2 is 2.19 bits per heavy atom. The molecule has 0 atom stereocenters. The van der Waals surface area contributed by atoms with E-state index >= 15 is 0 Å². The number of rotatable bonds is 8. The van der Waals surface area contributed by atoms with Crippen LogP contribution in [0.15, 0.2) is 6.07 Å². The van der Waals surface area contributed by atoms with Gasteiger partial charge in [0.2, 0.25) is 11.9 Å². The molecule has 2 rings (SSSR count). The number of nitrogens with one attached hydrogen (secondary N) is 2. The van der Waals surface area contributed by atoms with Crippen LogP contribution >= 0.6 is 0 Å². The van der Waals surface area contributed by atoms with Gasteiger partial charge in [-0.15, -0.1) is 0 Å². The Bertz CT molecular complexity index is 480. The highest BCUT2D eigenvalue weighted by Gasteiger charge is 2.18. The summed E-state index contributed by atoms with van der Waals surface area (Å²) in [5.74, 6) is 1.54. The van der Waals surface area contributed by atoms with Crippen molar-refractivity contribution in [2.45, 2.75) is 26.2 Å². The Hall–Kier alpha value is -1.89. The molecule has 7 nitrogen and oxygen atoms in total. The average molecular weight is 293 g/mol. The van der Waals surface area contributed by atoms with Crippen molar-refractivity contribution in [3.8, 4) is 0 Å². The number of aliphatic hydroxyl groups is 1. The van der Waals surface area contributed by atoms with Crippen LogP contribution in [0, 0.1) is 6.92 Å². The van der Waals surface area contributed by atoms with Gasteiger partial charge in [0.15, 0.2) is 0 Å². The van der Waals surface area contributed by atoms with Crippen molar-refractivity contribution in [1.29, 1.82) is 0 Å². The highest BCUT2D eigenvalue weighted by Crippen LogP contribution is 2.11. The highest BCUT2D eigenvalue weighted by molar-refractivity contribution is 5.77. The van der Waals surface area contributed by atoms with Crippen LogP contribution in [0.1, 0.15) is 25.0 Å². The van der Waals surface area contributed by atoms with Crippen LogP contribution in [0.5, 0.6) is 0 Å². The molecular formula is C14H23N5O2. The summed E-state index contributed by atoms with van der Waals surface area (Å²) in [6, 6.07) is 1.84. The summed E-state index contributed by atoms with van der Waals surface area (Å²) in [5.41, 5.74) is 0.864. The van der Waals surface area contributed by atoms with Gasteiger partial charge >= 0.3 is 0 Å². The third-order valence-electron chi connectivity index (χ3n) is 3.33. The van der Waals surface area contributed by atoms with E-state index in [1.54, 1.807) is 0 Å². The molecule has 0 aromatic carbocycles. The van der Waals surface area contributed by atoms with Crippen molar-refractivity contribution < 1.29 is 9.90 Å². The zero-order valence-corrected chi connectivity index (χ0v) is 12.4. The van der Waals surface area contributed by atoms with Crippen LogP contribution in [-0.4, -0.2) is 58.7 Å². The van der Waals surface area contributed by atoms with Crippen molar-refractivity contribution >= 4 is 17.7 Å². The summed E-state index contributed by atoms with van der Waals surface area (Å²) >= 11 is 0. The topological polar surface area (TPSA) is 90.4 Å². The summed E-state index contributed by atoms with van der Waals surface area (Å²) in [6.45, 7) is 4.83. The molecule has 1 aromatic rings. The van der Waals surface area contributed by atoms with E-state index in [4.69, 9.17) is 5.11 Å². The lowest BCUT2D eigenvalue weighted by Gasteiger charge is -2.15. The van der Waals surface area contributed by atoms with Gasteiger partial charge in [0.25, 0.3) is 0 Å². The van der Waals surface area contributed by atoms with E-state index in [-0.39, 0.29) is 12.5 Å². The maximum atomic E-state index is 11.5. The number of amides is 1. The molecule has 1 aromatic heterocycles. The maximum Gasteiger partial charge on any atom is 0.224 e. The van der Waals surface area contributed by atoms with Gasteiger partial charge in [0.1, 0.15) is 5.82 Å². The molecule has 0 aliphatic carbocycles. The molecule has 0 bridgehead atoms. The lowest BCUT2D eigenvalue weighted by atomic mass is 10.4. The minimum atomic E-state index is 0.0652. The minimum Gasteiger partial charge on any atom is -0.395 e. The van der Waals surface area contributed by atoms with Crippen molar-refractivity contribution in [1.82, 2.24) is 14.9 Å². The predicted octanol–water partition coefficient (Wildman–Crippen LogP) is 0.614. The summed E-state index contributed by atoms with van der Waals surface area (Å²) in [4.78, 5) is 22.0. The van der Waals surface area contributed by atoms with Gasteiger partial charge in [-0.05, 0) is 19.8 Å². The third-order valence-corrected chi connectivity index (χ3v) is 3.33. The van der Waals surface area contributed by atoms with E-state index in [1.807, 2.05) is 17.9 Å². The summed E-state index contributed by atoms with van der Waals surface area (Å²) in [5, 5.41) is 15.0. The number of aryl methyl sites for hydroxylation is 1. The molecule has 2 heterocycles. The lowest BCUT2D eigenvalue weighted by Crippen LogP contribution is -2.27. The van der Waals surface area contributed by atoms with E-state index in [1.165, 1.54) is 0 Å². The molecule has 7 heteroatoms. The molecule has 1 amide bonds. The van der Waals surface area contributed by atoms with Gasteiger partial charge in [0.05, 0.1) is 6.61 Å². The zero-order chi connectivity index (χ0) is 15.1. The van der Waals surface area contributed by atoms with Crippen molar-refractivity contribution in [3.05, 3.63) is 11.8 Å². The Labute approximate surface area is 124 Å². The van der Waals surface area contributed by atoms with Crippen LogP contribution < -0.4 is 10.6 Å². The number of nitrogens with zero attached hydrogens (tertiary/aromatic N) is 3. The van der Waals surface area contributed by atoms with Crippen molar-refractivity contribution in [3.63, 3.8) is 0 Å². The van der Waals surface area contributed by atoms with Gasteiger partial charge in [0, 0.05) is 44.4 Å². The highest BCUT2D eigenvalue weighted by atomic mass is 16.3. The normalized spacial score (nSPS) is 14.6. The first-order valence-electron chi connectivity index (χ1n) is 7.41. The second kappa shape index (κ2) is 7.78. The first kappa shape index (κ1) is 15.5. The molecule has 116 valence electrons. The molecule has 1 fully saturated rings. The fourth-order valence-electron chi connectivity index (χ4n) is 2.33. The molecule has 1 saturated heterocycles. The predicted molar refractivity (Wildman–Crippen MR) is 81.3 cm³/mol. The van der Waals surface area contributed by atoms with Gasteiger partial charge in [-0.25, -0.2) is 4.98 Å². The number of hydrogen-bond acceptors (Lipinski definition) is 6. The first-order valence-corrected chi connectivity index (χ1v) is 7.41. The minimum absolute atomic E-state index is 0.0652. The van der Waals surface area contributed by atoms with E-state index in [0.717, 1.165) is 38.2 Å². The fourth-order valence-corrected chi connectivity index (χ4v) is 2.33. The number of hydrogen-bond donors (Lipinski definition) is 3. The fraction of sp³-hybridized carbons (Fsp3) is 0.643. The molecule has 0 saturated carbocycles. The van der Waals surface area contributed by atoms with E-state index in [2.05, 4.69) is 20.6 Å². The molecule has 1 aliphatic heterocycles. The summed E-state index contributed by atoms with van der Waals surface area (Å²) in [6.07, 6.45) is 2.55. The van der Waals surface area contributed by atoms with E-state index in [9.17, 15) is 4.79 Å². The zero-order valence-electron chi connectivity index (χ0n) is 12.4. The third kappa shape index (κ3) is 4.86. The molecule has 0 radical (unpaired) electrons. The first-order chi connectivity index (χ1) is 10.2. The van der Waals surface area contributed by atoms with Crippen molar-refractivity contribution in [2.75, 3.05) is 43.4 Å². The number of aromatic nitrogens is 2.